The molecule has 5 rings (SSSR count). The number of aromatic nitrogens is 1. The minimum atomic E-state index is -3.32. The smallest absolute Gasteiger partial charge is 0.303 e. The first-order valence-corrected chi connectivity index (χ1v) is 17.2. The zero-order valence-corrected chi connectivity index (χ0v) is 26.1. The highest BCUT2D eigenvalue weighted by molar-refractivity contribution is 7.99. The van der Waals surface area contributed by atoms with E-state index in [2.05, 4.69) is 29.3 Å². The molecule has 3 aromatic carbocycles. The third-order valence-electron chi connectivity index (χ3n) is 8.05. The van der Waals surface area contributed by atoms with Crippen molar-refractivity contribution in [1.82, 2.24) is 4.98 Å². The summed E-state index contributed by atoms with van der Waals surface area (Å²) in [6, 6.07) is 25.5. The molecule has 43 heavy (non-hydrogen) atoms. The normalized spacial score (nSPS) is 14.8. The van der Waals surface area contributed by atoms with Crippen molar-refractivity contribution in [2.24, 2.45) is 5.41 Å². The van der Waals surface area contributed by atoms with Gasteiger partial charge in [-0.05, 0) is 102 Å². The van der Waals surface area contributed by atoms with Gasteiger partial charge < -0.3 is 5.11 Å². The number of carboxylic acids is 1. The summed E-state index contributed by atoms with van der Waals surface area (Å²) in [6.45, 7) is 3.82. The summed E-state index contributed by atoms with van der Waals surface area (Å²) in [4.78, 5) is 16.3. The second kappa shape index (κ2) is 12.0. The Kier molecular flexibility index (Phi) is 8.51. The minimum Gasteiger partial charge on any atom is -0.481 e. The van der Waals surface area contributed by atoms with Crippen molar-refractivity contribution in [3.63, 3.8) is 0 Å². The van der Waals surface area contributed by atoms with Gasteiger partial charge in [-0.1, -0.05) is 42.5 Å². The van der Waals surface area contributed by atoms with Crippen LogP contribution in [0.4, 0.5) is 0 Å². The van der Waals surface area contributed by atoms with Gasteiger partial charge in [0.05, 0.1) is 28.3 Å². The van der Waals surface area contributed by atoms with E-state index >= 15 is 0 Å². The Bertz CT molecular complexity index is 1870. The highest BCUT2D eigenvalue weighted by atomic mass is 32.2. The summed E-state index contributed by atoms with van der Waals surface area (Å²) in [7, 11) is -3.32. The number of sulfone groups is 1. The lowest BCUT2D eigenvalue weighted by molar-refractivity contribution is -0.138. The van der Waals surface area contributed by atoms with Crippen LogP contribution >= 0.6 is 11.8 Å². The molecular formula is C35H34N2O4S2. The van der Waals surface area contributed by atoms with Gasteiger partial charge in [-0.15, -0.1) is 0 Å². The van der Waals surface area contributed by atoms with E-state index in [9.17, 15) is 23.6 Å². The topological polar surface area (TPSA) is 108 Å². The molecule has 1 aromatic heterocycles. The van der Waals surface area contributed by atoms with E-state index < -0.39 is 21.2 Å². The van der Waals surface area contributed by atoms with Gasteiger partial charge in [0, 0.05) is 29.2 Å². The number of hydrogen-bond donors (Lipinski definition) is 1. The number of benzene rings is 3. The average molecular weight is 611 g/mol. The van der Waals surface area contributed by atoms with Crippen LogP contribution in [0.2, 0.25) is 0 Å². The number of rotatable bonds is 11. The summed E-state index contributed by atoms with van der Waals surface area (Å²) in [6.07, 6.45) is 7.13. The van der Waals surface area contributed by atoms with E-state index in [1.54, 1.807) is 30.1 Å². The van der Waals surface area contributed by atoms with Crippen LogP contribution in [0.3, 0.4) is 0 Å². The van der Waals surface area contributed by atoms with Gasteiger partial charge >= 0.3 is 5.97 Å². The fraction of sp³-hybridized carbons (Fsp3) is 0.286. The first kappa shape index (κ1) is 30.5. The predicted molar refractivity (Wildman–Crippen MR) is 174 cm³/mol. The number of fused-ring (bicyclic) bond motifs is 1. The Morgan fingerprint density at radius 2 is 1.84 bits per heavy atom. The Morgan fingerprint density at radius 3 is 2.49 bits per heavy atom. The molecule has 6 nitrogen and oxygen atoms in total. The van der Waals surface area contributed by atoms with Crippen LogP contribution in [0.15, 0.2) is 83.9 Å². The third kappa shape index (κ3) is 7.18. The Balaban J connectivity index is 1.53. The Hall–Kier alpha value is -3.93. The summed E-state index contributed by atoms with van der Waals surface area (Å²) in [5.41, 5.74) is 5.83. The lowest BCUT2D eigenvalue weighted by Crippen LogP contribution is -2.14. The van der Waals surface area contributed by atoms with Crippen molar-refractivity contribution >= 4 is 50.1 Å². The summed E-state index contributed by atoms with van der Waals surface area (Å²) in [5, 5.41) is 20.1. The van der Waals surface area contributed by atoms with Crippen molar-refractivity contribution in [3.05, 3.63) is 95.7 Å². The fourth-order valence-corrected chi connectivity index (χ4v) is 7.23. The van der Waals surface area contributed by atoms with Crippen molar-refractivity contribution in [1.29, 1.82) is 5.26 Å². The lowest BCUT2D eigenvalue weighted by Gasteiger charge is -2.19. The SMILES string of the molecule is CC(C)(C#N)c1cc(-c2cccc(C=C(CSCC3(CC(=O)O)CC3)c3ccc(S(C)(=O)=O)cc3)c2)c2ncccc2c1. The molecule has 0 saturated heterocycles. The number of nitriles is 1. The Morgan fingerprint density at radius 1 is 1.09 bits per heavy atom. The Labute approximate surface area is 257 Å². The average Bonchev–Trinajstić information content (AvgIpc) is 3.74. The van der Waals surface area contributed by atoms with E-state index in [0.717, 1.165) is 62.9 Å². The third-order valence-corrected chi connectivity index (χ3v) is 10.5. The van der Waals surface area contributed by atoms with Crippen LogP contribution < -0.4 is 0 Å². The molecule has 0 radical (unpaired) electrons. The molecule has 0 atom stereocenters. The van der Waals surface area contributed by atoms with Crippen molar-refractivity contribution < 1.29 is 18.3 Å². The molecule has 1 N–H and O–H groups in total. The van der Waals surface area contributed by atoms with Gasteiger partial charge in [0.1, 0.15) is 0 Å². The fourth-order valence-electron chi connectivity index (χ4n) is 5.21. The van der Waals surface area contributed by atoms with E-state index in [1.165, 1.54) is 6.26 Å². The maximum Gasteiger partial charge on any atom is 0.303 e. The number of hydrogen-bond acceptors (Lipinski definition) is 6. The highest BCUT2D eigenvalue weighted by Crippen LogP contribution is 2.51. The molecule has 0 aliphatic heterocycles. The molecule has 0 spiro atoms. The number of pyridine rings is 1. The van der Waals surface area contributed by atoms with Crippen LogP contribution in [-0.4, -0.2) is 42.2 Å². The van der Waals surface area contributed by atoms with Crippen LogP contribution in [0.1, 0.15) is 49.8 Å². The summed E-state index contributed by atoms with van der Waals surface area (Å²) in [5.74, 6) is 0.656. The molecule has 1 aliphatic carbocycles. The van der Waals surface area contributed by atoms with Gasteiger partial charge in [0.15, 0.2) is 9.84 Å². The van der Waals surface area contributed by atoms with Crippen molar-refractivity contribution in [2.45, 2.75) is 43.4 Å². The van der Waals surface area contributed by atoms with Crippen molar-refractivity contribution in [2.75, 3.05) is 17.8 Å². The van der Waals surface area contributed by atoms with Crippen LogP contribution in [0.5, 0.6) is 0 Å². The van der Waals surface area contributed by atoms with Gasteiger partial charge in [-0.2, -0.15) is 17.0 Å². The minimum absolute atomic E-state index is 0.127. The number of carbonyl (C=O) groups is 1. The molecule has 0 bridgehead atoms. The molecule has 8 heteroatoms. The first-order valence-electron chi connectivity index (χ1n) is 14.1. The first-order chi connectivity index (χ1) is 20.4. The zero-order valence-electron chi connectivity index (χ0n) is 24.5. The molecule has 0 amide bonds. The molecule has 1 saturated carbocycles. The second-order valence-corrected chi connectivity index (χ2v) is 15.0. The largest absolute Gasteiger partial charge is 0.481 e. The molecule has 1 heterocycles. The number of nitrogens with zero attached hydrogens (tertiary/aromatic N) is 2. The maximum absolute atomic E-state index is 12.1. The monoisotopic (exact) mass is 610 g/mol. The second-order valence-electron chi connectivity index (χ2n) is 12.0. The highest BCUT2D eigenvalue weighted by Gasteiger charge is 2.44. The molecule has 0 unspecified atom stereocenters. The molecule has 1 fully saturated rings. The van der Waals surface area contributed by atoms with Crippen molar-refractivity contribution in [3.8, 4) is 17.2 Å². The lowest BCUT2D eigenvalue weighted by atomic mass is 9.83. The molecule has 1 aliphatic rings. The molecule has 4 aromatic rings. The number of aliphatic carboxylic acids is 1. The van der Waals surface area contributed by atoms with Gasteiger partial charge in [0.25, 0.3) is 0 Å². The molecular weight excluding hydrogens is 577 g/mol. The van der Waals surface area contributed by atoms with Crippen LogP contribution in [-0.2, 0) is 20.0 Å². The van der Waals surface area contributed by atoms with Crippen LogP contribution in [0, 0.1) is 16.7 Å². The number of carboxylic acid groups (broad SMARTS) is 1. The van der Waals surface area contributed by atoms with E-state index in [1.807, 2.05) is 62.4 Å². The quantitative estimate of drug-likeness (QED) is 0.174. The van der Waals surface area contributed by atoms with Gasteiger partial charge in [-0.3, -0.25) is 9.78 Å². The van der Waals surface area contributed by atoms with Gasteiger partial charge in [0.2, 0.25) is 0 Å². The maximum atomic E-state index is 12.1. The predicted octanol–water partition coefficient (Wildman–Crippen LogP) is 7.64. The standard InChI is InChI=1S/C35H34N2O4S2/c1-34(2,22-36)29-18-27-8-5-15-37-33(27)31(19-29)26-7-4-6-24(16-26)17-28(21-42-23-35(13-14-35)20-32(38)39)25-9-11-30(12-10-25)43(3,40)41/h4-12,15-19H,13-14,20-21,23H2,1-3H3,(H,38,39). The van der Waals surface area contributed by atoms with E-state index in [4.69, 9.17) is 0 Å². The van der Waals surface area contributed by atoms with E-state index in [-0.39, 0.29) is 16.7 Å². The zero-order chi connectivity index (χ0) is 30.8. The number of thioether (sulfide) groups is 1. The van der Waals surface area contributed by atoms with Crippen LogP contribution in [0.25, 0.3) is 33.7 Å². The van der Waals surface area contributed by atoms with Gasteiger partial charge in [-0.25, -0.2) is 8.42 Å². The van der Waals surface area contributed by atoms with E-state index in [0.29, 0.717) is 5.75 Å². The molecule has 220 valence electrons. The summed E-state index contributed by atoms with van der Waals surface area (Å²) < 4.78 is 24.1. The summed E-state index contributed by atoms with van der Waals surface area (Å²) >= 11 is 1.72.